The van der Waals surface area contributed by atoms with Crippen molar-refractivity contribution in [3.8, 4) is 0 Å². The minimum absolute atomic E-state index is 0.207. The number of carbonyl (C=O) groups excluding carboxylic acids is 3. The number of carboxylic acid groups (broad SMARTS) is 1. The molecule has 132 valence electrons. The molecule has 0 unspecified atom stereocenters. The number of amides is 3. The zero-order chi connectivity index (χ0) is 18.8. The van der Waals surface area contributed by atoms with E-state index in [2.05, 4.69) is 5.32 Å². The molecule has 0 radical (unpaired) electrons. The van der Waals surface area contributed by atoms with Gasteiger partial charge in [0.2, 0.25) is 0 Å². The van der Waals surface area contributed by atoms with Crippen LogP contribution in [0.3, 0.4) is 0 Å². The second-order valence-corrected chi connectivity index (χ2v) is 7.87. The highest BCUT2D eigenvalue weighted by Gasteiger charge is 2.33. The van der Waals surface area contributed by atoms with Crippen molar-refractivity contribution in [1.29, 1.82) is 0 Å². The van der Waals surface area contributed by atoms with Crippen LogP contribution in [0.1, 0.15) is 11.1 Å². The predicted octanol–water partition coefficient (Wildman–Crippen LogP) is 2.30. The third kappa shape index (κ3) is 4.03. The van der Waals surface area contributed by atoms with Crippen LogP contribution in [0.2, 0.25) is 0 Å². The quantitative estimate of drug-likeness (QED) is 0.580. The SMILES string of the molecule is O=C(O)CN1C(=O)/C(=C/c2ccc(/C=C3\SC(=O)NC3=O)cc2)SC1=S. The molecule has 2 saturated heterocycles. The molecule has 2 heterocycles. The lowest BCUT2D eigenvalue weighted by Gasteiger charge is -2.10. The summed E-state index contributed by atoms with van der Waals surface area (Å²) in [6.07, 6.45) is 3.22. The Bertz CT molecular complexity index is 905. The number of nitrogens with zero attached hydrogens (tertiary/aromatic N) is 1. The van der Waals surface area contributed by atoms with E-state index in [-0.39, 0.29) is 4.32 Å². The first kappa shape index (κ1) is 18.4. The Morgan fingerprint density at radius 3 is 2.15 bits per heavy atom. The van der Waals surface area contributed by atoms with Crippen LogP contribution in [0.25, 0.3) is 12.2 Å². The molecule has 0 atom stereocenters. The summed E-state index contributed by atoms with van der Waals surface area (Å²) >= 11 is 6.93. The molecule has 26 heavy (non-hydrogen) atoms. The average molecular weight is 406 g/mol. The molecule has 2 aliphatic heterocycles. The highest BCUT2D eigenvalue weighted by Crippen LogP contribution is 2.32. The van der Waals surface area contributed by atoms with E-state index in [9.17, 15) is 19.2 Å². The fourth-order valence-electron chi connectivity index (χ4n) is 2.18. The second-order valence-electron chi connectivity index (χ2n) is 5.18. The number of imide groups is 1. The second kappa shape index (κ2) is 7.44. The van der Waals surface area contributed by atoms with Crippen LogP contribution in [-0.4, -0.2) is 43.9 Å². The number of carbonyl (C=O) groups is 4. The molecule has 3 rings (SSSR count). The lowest BCUT2D eigenvalue weighted by atomic mass is 10.1. The molecular weight excluding hydrogens is 396 g/mol. The number of hydrogen-bond acceptors (Lipinski definition) is 7. The van der Waals surface area contributed by atoms with E-state index in [0.717, 1.165) is 39.6 Å². The van der Waals surface area contributed by atoms with Crippen molar-refractivity contribution in [1.82, 2.24) is 10.2 Å². The van der Waals surface area contributed by atoms with Crippen molar-refractivity contribution in [2.45, 2.75) is 0 Å². The molecule has 10 heteroatoms. The molecule has 7 nitrogen and oxygen atoms in total. The third-order valence-corrected chi connectivity index (χ3v) is 5.53. The number of benzene rings is 1. The standard InChI is InChI=1S/C16H10N2O5S3/c19-12(20)7-18-14(22)11(26-16(18)24)6-9-3-1-8(2-4-9)5-10-13(21)17-15(23)25-10/h1-6H,7H2,(H,19,20)(H,17,21,23)/b10-5-,11-6-. The largest absolute Gasteiger partial charge is 0.480 e. The summed E-state index contributed by atoms with van der Waals surface area (Å²) < 4.78 is 0.207. The maximum atomic E-state index is 12.2. The van der Waals surface area contributed by atoms with E-state index >= 15 is 0 Å². The van der Waals surface area contributed by atoms with Gasteiger partial charge >= 0.3 is 5.97 Å². The van der Waals surface area contributed by atoms with Crippen molar-refractivity contribution in [2.24, 2.45) is 0 Å². The van der Waals surface area contributed by atoms with Gasteiger partial charge in [-0.2, -0.15) is 0 Å². The predicted molar refractivity (Wildman–Crippen MR) is 103 cm³/mol. The van der Waals surface area contributed by atoms with Crippen molar-refractivity contribution >= 4 is 75.2 Å². The van der Waals surface area contributed by atoms with Gasteiger partial charge in [0.05, 0.1) is 9.81 Å². The molecule has 3 amide bonds. The zero-order valence-corrected chi connectivity index (χ0v) is 15.4. The summed E-state index contributed by atoms with van der Waals surface area (Å²) in [5.74, 6) is -2.00. The summed E-state index contributed by atoms with van der Waals surface area (Å²) in [6.45, 7) is -0.465. The lowest BCUT2D eigenvalue weighted by Crippen LogP contribution is -2.33. The Balaban J connectivity index is 1.76. The summed E-state index contributed by atoms with van der Waals surface area (Å²) in [6, 6.07) is 6.98. The summed E-state index contributed by atoms with van der Waals surface area (Å²) in [7, 11) is 0. The molecule has 0 spiro atoms. The van der Waals surface area contributed by atoms with Gasteiger partial charge in [0.1, 0.15) is 10.9 Å². The highest BCUT2D eigenvalue weighted by atomic mass is 32.2. The van der Waals surface area contributed by atoms with E-state index < -0.39 is 29.6 Å². The van der Waals surface area contributed by atoms with Gasteiger partial charge in [-0.1, -0.05) is 48.2 Å². The van der Waals surface area contributed by atoms with Crippen LogP contribution in [-0.2, 0) is 14.4 Å². The maximum absolute atomic E-state index is 12.2. The first-order chi connectivity index (χ1) is 12.3. The van der Waals surface area contributed by atoms with Gasteiger partial charge < -0.3 is 5.11 Å². The van der Waals surface area contributed by atoms with E-state index in [1.165, 1.54) is 0 Å². The first-order valence-corrected chi connectivity index (χ1v) is 9.20. The summed E-state index contributed by atoms with van der Waals surface area (Å²) in [5, 5.41) is 10.6. The van der Waals surface area contributed by atoms with Crippen LogP contribution in [0.4, 0.5) is 4.79 Å². The van der Waals surface area contributed by atoms with Gasteiger partial charge in [0.25, 0.3) is 17.1 Å². The molecule has 2 N–H and O–H groups in total. The Labute approximate surface area is 161 Å². The van der Waals surface area contributed by atoms with E-state index in [4.69, 9.17) is 17.3 Å². The van der Waals surface area contributed by atoms with Crippen LogP contribution < -0.4 is 5.32 Å². The molecule has 2 fully saturated rings. The monoisotopic (exact) mass is 406 g/mol. The average Bonchev–Trinajstić information content (AvgIpc) is 3.02. The molecule has 0 aliphatic carbocycles. The summed E-state index contributed by atoms with van der Waals surface area (Å²) in [4.78, 5) is 47.4. The zero-order valence-electron chi connectivity index (χ0n) is 12.9. The number of carboxylic acids is 1. The van der Waals surface area contributed by atoms with Gasteiger partial charge in [0.15, 0.2) is 0 Å². The molecule has 1 aromatic carbocycles. The molecule has 0 saturated carbocycles. The Kier molecular flexibility index (Phi) is 5.25. The van der Waals surface area contributed by atoms with Crippen LogP contribution >= 0.6 is 35.7 Å². The minimum Gasteiger partial charge on any atom is -0.480 e. The fourth-order valence-corrected chi connectivity index (χ4v) is 4.12. The van der Waals surface area contributed by atoms with Crippen LogP contribution in [0.15, 0.2) is 34.1 Å². The minimum atomic E-state index is -1.13. The van der Waals surface area contributed by atoms with Gasteiger partial charge in [-0.05, 0) is 35.0 Å². The Hall–Kier alpha value is -2.43. The van der Waals surface area contributed by atoms with E-state index in [1.807, 2.05) is 0 Å². The number of thiocarbonyl (C=S) groups is 1. The Morgan fingerprint density at radius 2 is 1.65 bits per heavy atom. The number of nitrogens with one attached hydrogen (secondary N) is 1. The van der Waals surface area contributed by atoms with Crippen LogP contribution in [0.5, 0.6) is 0 Å². The first-order valence-electron chi connectivity index (χ1n) is 7.15. The normalized spacial score (nSPS) is 20.4. The number of rotatable bonds is 4. The number of thioether (sulfide) groups is 2. The summed E-state index contributed by atoms with van der Waals surface area (Å²) in [5.41, 5.74) is 1.45. The van der Waals surface area contributed by atoms with Gasteiger partial charge in [0, 0.05) is 0 Å². The molecule has 0 bridgehead atoms. The van der Waals surface area contributed by atoms with E-state index in [0.29, 0.717) is 9.81 Å². The molecule has 0 aromatic heterocycles. The van der Waals surface area contributed by atoms with Gasteiger partial charge in [-0.3, -0.25) is 29.4 Å². The fraction of sp³-hybridized carbons (Fsp3) is 0.0625. The number of aliphatic carboxylic acids is 1. The van der Waals surface area contributed by atoms with Crippen molar-refractivity contribution in [2.75, 3.05) is 6.54 Å². The smallest absolute Gasteiger partial charge is 0.323 e. The van der Waals surface area contributed by atoms with Gasteiger partial charge in [-0.15, -0.1) is 0 Å². The van der Waals surface area contributed by atoms with Crippen molar-refractivity contribution in [3.63, 3.8) is 0 Å². The Morgan fingerprint density at radius 1 is 1.08 bits per heavy atom. The van der Waals surface area contributed by atoms with Crippen molar-refractivity contribution < 1.29 is 24.3 Å². The molecule has 1 aromatic rings. The van der Waals surface area contributed by atoms with Gasteiger partial charge in [-0.25, -0.2) is 0 Å². The van der Waals surface area contributed by atoms with Crippen molar-refractivity contribution in [3.05, 3.63) is 45.2 Å². The van der Waals surface area contributed by atoms with Crippen LogP contribution in [0, 0.1) is 0 Å². The highest BCUT2D eigenvalue weighted by molar-refractivity contribution is 8.26. The molecule has 2 aliphatic rings. The maximum Gasteiger partial charge on any atom is 0.323 e. The third-order valence-electron chi connectivity index (χ3n) is 3.34. The topological polar surface area (TPSA) is 104 Å². The lowest BCUT2D eigenvalue weighted by molar-refractivity contribution is -0.140. The number of hydrogen-bond donors (Lipinski definition) is 2. The molecular formula is C16H10N2O5S3. The van der Waals surface area contributed by atoms with E-state index in [1.54, 1.807) is 36.4 Å².